The van der Waals surface area contributed by atoms with E-state index in [9.17, 15) is 10.2 Å². The van der Waals surface area contributed by atoms with Crippen molar-refractivity contribution in [3.8, 4) is 0 Å². The van der Waals surface area contributed by atoms with E-state index in [0.717, 1.165) is 18.4 Å². The van der Waals surface area contributed by atoms with Crippen molar-refractivity contribution < 1.29 is 10.2 Å². The molecule has 0 amide bonds. The zero-order chi connectivity index (χ0) is 20.0. The minimum absolute atomic E-state index is 0.133. The van der Waals surface area contributed by atoms with Crippen LogP contribution in [0.3, 0.4) is 0 Å². The third-order valence-electron chi connectivity index (χ3n) is 5.26. The fourth-order valence-corrected chi connectivity index (χ4v) is 4.42. The molecular weight excluding hydrogens is 320 g/mol. The maximum absolute atomic E-state index is 9.78. The van der Waals surface area contributed by atoms with Gasteiger partial charge in [-0.25, -0.2) is 0 Å². The Morgan fingerprint density at radius 3 is 1.88 bits per heavy atom. The van der Waals surface area contributed by atoms with Gasteiger partial charge in [-0.15, -0.1) is 0 Å². The summed E-state index contributed by atoms with van der Waals surface area (Å²) in [5.74, 6) is 0.837. The Balaban J connectivity index is 3.58. The van der Waals surface area contributed by atoms with Crippen molar-refractivity contribution in [1.82, 2.24) is 0 Å². The molecule has 1 rings (SSSR count). The van der Waals surface area contributed by atoms with Gasteiger partial charge in [-0.2, -0.15) is 0 Å². The van der Waals surface area contributed by atoms with Crippen molar-refractivity contribution in [2.45, 2.75) is 47.0 Å². The first-order chi connectivity index (χ1) is 12.1. The topological polar surface area (TPSA) is 40.5 Å². The Bertz CT molecular complexity index is 670. The first-order valence-corrected chi connectivity index (χ1v) is 9.17. The van der Waals surface area contributed by atoms with Gasteiger partial charge < -0.3 is 10.2 Å². The van der Waals surface area contributed by atoms with Gasteiger partial charge in [-0.3, -0.25) is 0 Å². The molecule has 1 saturated carbocycles. The molecule has 0 aromatic rings. The highest BCUT2D eigenvalue weighted by molar-refractivity contribution is 5.41. The van der Waals surface area contributed by atoms with Crippen LogP contribution >= 0.6 is 0 Å². The largest absolute Gasteiger partial charge is 0.508 e. The molecule has 142 valence electrons. The number of allylic oxidation sites excluding steroid dienone is 9. The maximum Gasteiger partial charge on any atom is 0.114 e. The summed E-state index contributed by atoms with van der Waals surface area (Å²) in [4.78, 5) is 0. The molecule has 2 N–H and O–H groups in total. The van der Waals surface area contributed by atoms with E-state index in [4.69, 9.17) is 0 Å². The van der Waals surface area contributed by atoms with Crippen LogP contribution in [-0.2, 0) is 0 Å². The average Bonchev–Trinajstić information content (AvgIpc) is 2.57. The molecule has 0 bridgehead atoms. The van der Waals surface area contributed by atoms with E-state index in [0.29, 0.717) is 5.92 Å². The van der Waals surface area contributed by atoms with Crippen LogP contribution in [0.1, 0.15) is 47.0 Å². The van der Waals surface area contributed by atoms with Crippen molar-refractivity contribution in [2.24, 2.45) is 16.7 Å². The molecular formula is C24H34O2. The van der Waals surface area contributed by atoms with Gasteiger partial charge in [-0.05, 0) is 67.4 Å². The molecule has 2 nitrogen and oxygen atoms in total. The number of aliphatic hydroxyl groups excluding tert-OH is 2. The van der Waals surface area contributed by atoms with Crippen LogP contribution < -0.4 is 0 Å². The molecule has 0 aromatic carbocycles. The highest BCUT2D eigenvalue weighted by atomic mass is 16.3. The minimum Gasteiger partial charge on any atom is -0.508 e. The Morgan fingerprint density at radius 1 is 0.885 bits per heavy atom. The second kappa shape index (κ2) is 8.93. The summed E-state index contributed by atoms with van der Waals surface area (Å²) >= 11 is 0. The van der Waals surface area contributed by atoms with Crippen LogP contribution in [0.4, 0.5) is 0 Å². The van der Waals surface area contributed by atoms with Crippen LogP contribution in [0.5, 0.6) is 0 Å². The van der Waals surface area contributed by atoms with Crippen molar-refractivity contribution in [3.63, 3.8) is 0 Å². The van der Waals surface area contributed by atoms with Gasteiger partial charge >= 0.3 is 0 Å². The predicted molar refractivity (Wildman–Crippen MR) is 113 cm³/mol. The standard InChI is InChI=1S/C24H34O2/c1-8-20(12-14-22(26)10-3)24(19(5)11-13-21(25)9-2)16-18(4)15-23(6,7)17-24/h8-14,18,25-26H,1-3,15-17H2,4-7H3/b19-11+,20-12+,21-13+,22-14+. The van der Waals surface area contributed by atoms with Crippen LogP contribution in [0.15, 0.2) is 84.9 Å². The second-order valence-corrected chi connectivity index (χ2v) is 8.20. The van der Waals surface area contributed by atoms with E-state index in [-0.39, 0.29) is 22.3 Å². The van der Waals surface area contributed by atoms with Crippen molar-refractivity contribution in [1.29, 1.82) is 0 Å². The van der Waals surface area contributed by atoms with Crippen molar-refractivity contribution >= 4 is 0 Å². The smallest absolute Gasteiger partial charge is 0.114 e. The van der Waals surface area contributed by atoms with Gasteiger partial charge in [0.1, 0.15) is 11.5 Å². The number of hydrogen-bond acceptors (Lipinski definition) is 2. The lowest BCUT2D eigenvalue weighted by Crippen LogP contribution is -2.38. The molecule has 0 heterocycles. The highest BCUT2D eigenvalue weighted by Gasteiger charge is 2.45. The third-order valence-corrected chi connectivity index (χ3v) is 5.26. The van der Waals surface area contributed by atoms with E-state index >= 15 is 0 Å². The Hall–Kier alpha value is -2.22. The second-order valence-electron chi connectivity index (χ2n) is 8.20. The summed E-state index contributed by atoms with van der Waals surface area (Å²) in [5.41, 5.74) is 2.23. The van der Waals surface area contributed by atoms with E-state index in [1.807, 2.05) is 18.2 Å². The van der Waals surface area contributed by atoms with Gasteiger partial charge in [0.25, 0.3) is 0 Å². The first kappa shape index (κ1) is 21.8. The highest BCUT2D eigenvalue weighted by Crippen LogP contribution is 2.56. The molecule has 0 saturated heterocycles. The molecule has 0 spiro atoms. The van der Waals surface area contributed by atoms with Crippen molar-refractivity contribution in [2.75, 3.05) is 0 Å². The zero-order valence-corrected chi connectivity index (χ0v) is 16.8. The van der Waals surface area contributed by atoms with Crippen LogP contribution in [0.2, 0.25) is 0 Å². The quantitative estimate of drug-likeness (QED) is 0.377. The van der Waals surface area contributed by atoms with Gasteiger partial charge in [-0.1, -0.05) is 64.3 Å². The Morgan fingerprint density at radius 2 is 1.42 bits per heavy atom. The monoisotopic (exact) mass is 354 g/mol. The molecule has 0 radical (unpaired) electrons. The van der Waals surface area contributed by atoms with E-state index in [1.54, 1.807) is 12.2 Å². The van der Waals surface area contributed by atoms with Crippen molar-refractivity contribution in [3.05, 3.63) is 84.9 Å². The summed E-state index contributed by atoms with van der Waals surface area (Å²) < 4.78 is 0. The number of hydrogen-bond donors (Lipinski definition) is 2. The summed E-state index contributed by atoms with van der Waals surface area (Å²) in [6, 6.07) is 0. The van der Waals surface area contributed by atoms with E-state index in [1.165, 1.54) is 24.1 Å². The average molecular weight is 355 g/mol. The SMILES string of the molecule is C=C/C(O)=C\C=C(/C)C1(/C(C=C)=C/C=C(/O)C=C)CC(C)CC(C)(C)C1. The molecule has 26 heavy (non-hydrogen) atoms. The molecule has 2 atom stereocenters. The van der Waals surface area contributed by atoms with Crippen LogP contribution in [-0.4, -0.2) is 10.2 Å². The molecule has 0 aromatic heterocycles. The lowest BCUT2D eigenvalue weighted by molar-refractivity contribution is 0.101. The lowest BCUT2D eigenvalue weighted by atomic mass is 9.55. The normalized spacial score (nSPS) is 27.8. The van der Waals surface area contributed by atoms with Gasteiger partial charge in [0, 0.05) is 5.41 Å². The fraction of sp³-hybridized carbons (Fsp3) is 0.417. The molecule has 1 aliphatic rings. The summed E-state index contributed by atoms with van der Waals surface area (Å²) in [6.45, 7) is 20.2. The molecule has 2 heteroatoms. The molecule has 0 aliphatic heterocycles. The predicted octanol–water partition coefficient (Wildman–Crippen LogP) is 7.13. The number of aliphatic hydroxyl groups is 2. The van der Waals surface area contributed by atoms with Gasteiger partial charge in [0.05, 0.1) is 0 Å². The molecule has 2 unspecified atom stereocenters. The van der Waals surface area contributed by atoms with Gasteiger partial charge in [0.15, 0.2) is 0 Å². The Labute approximate surface area is 159 Å². The maximum atomic E-state index is 9.78. The zero-order valence-electron chi connectivity index (χ0n) is 16.8. The molecule has 1 fully saturated rings. The van der Waals surface area contributed by atoms with Crippen LogP contribution in [0.25, 0.3) is 0 Å². The minimum atomic E-state index is -0.196. The van der Waals surface area contributed by atoms with E-state index in [2.05, 4.69) is 47.4 Å². The van der Waals surface area contributed by atoms with Crippen LogP contribution in [0, 0.1) is 16.7 Å². The first-order valence-electron chi connectivity index (χ1n) is 9.17. The summed E-state index contributed by atoms with van der Waals surface area (Å²) in [5, 5.41) is 19.5. The Kier molecular flexibility index (Phi) is 7.50. The fourth-order valence-electron chi connectivity index (χ4n) is 4.42. The lowest BCUT2D eigenvalue weighted by Gasteiger charge is -2.49. The molecule has 1 aliphatic carbocycles. The summed E-state index contributed by atoms with van der Waals surface area (Å²) in [6.07, 6.45) is 15.2. The third kappa shape index (κ3) is 5.39. The van der Waals surface area contributed by atoms with Gasteiger partial charge in [0.2, 0.25) is 0 Å². The number of rotatable bonds is 7. The summed E-state index contributed by atoms with van der Waals surface area (Å²) in [7, 11) is 0. The van der Waals surface area contributed by atoms with E-state index < -0.39 is 0 Å².